The minimum absolute atomic E-state index is 0.697. The summed E-state index contributed by atoms with van der Waals surface area (Å²) in [7, 11) is 0. The summed E-state index contributed by atoms with van der Waals surface area (Å²) in [4.78, 5) is 5.07. The van der Waals surface area contributed by atoms with Gasteiger partial charge in [0.1, 0.15) is 0 Å². The van der Waals surface area contributed by atoms with Crippen LogP contribution in [0.3, 0.4) is 0 Å². The zero-order valence-electron chi connectivity index (χ0n) is 11.4. The Morgan fingerprint density at radius 2 is 2.11 bits per heavy atom. The summed E-state index contributed by atoms with van der Waals surface area (Å²) >= 11 is 0. The van der Waals surface area contributed by atoms with Crippen LogP contribution in [0.2, 0.25) is 0 Å². The van der Waals surface area contributed by atoms with Crippen LogP contribution < -0.4 is 5.73 Å². The highest BCUT2D eigenvalue weighted by Gasteiger charge is 2.26. The van der Waals surface area contributed by atoms with E-state index < -0.39 is 0 Å². The number of nitrogens with zero attached hydrogens (tertiary/aromatic N) is 2. The van der Waals surface area contributed by atoms with Gasteiger partial charge in [0.2, 0.25) is 0 Å². The van der Waals surface area contributed by atoms with Crippen molar-refractivity contribution >= 4 is 0 Å². The Labute approximate surface area is 111 Å². The van der Waals surface area contributed by atoms with E-state index in [4.69, 9.17) is 5.73 Å². The SMILES string of the molecule is CCN(CCN)[C@H]1CCN(Cc2ccccc2)C1. The fourth-order valence-electron chi connectivity index (χ4n) is 2.86. The van der Waals surface area contributed by atoms with Crippen molar-refractivity contribution in [1.82, 2.24) is 9.80 Å². The first-order valence-corrected chi connectivity index (χ1v) is 7.04. The summed E-state index contributed by atoms with van der Waals surface area (Å²) in [6.45, 7) is 8.61. The van der Waals surface area contributed by atoms with Crippen LogP contribution in [0.4, 0.5) is 0 Å². The van der Waals surface area contributed by atoms with Crippen LogP contribution in [0.15, 0.2) is 30.3 Å². The third-order valence-electron chi connectivity index (χ3n) is 3.84. The fraction of sp³-hybridized carbons (Fsp3) is 0.600. The van der Waals surface area contributed by atoms with Crippen LogP contribution in [0, 0.1) is 0 Å². The Morgan fingerprint density at radius 3 is 2.78 bits per heavy atom. The van der Waals surface area contributed by atoms with Gasteiger partial charge in [0.15, 0.2) is 0 Å². The topological polar surface area (TPSA) is 32.5 Å². The Kier molecular flexibility index (Phi) is 5.17. The minimum atomic E-state index is 0.697. The van der Waals surface area contributed by atoms with Crippen LogP contribution in [0.1, 0.15) is 18.9 Å². The van der Waals surface area contributed by atoms with E-state index in [2.05, 4.69) is 47.1 Å². The Balaban J connectivity index is 1.84. The zero-order valence-corrected chi connectivity index (χ0v) is 11.4. The minimum Gasteiger partial charge on any atom is -0.329 e. The van der Waals surface area contributed by atoms with E-state index >= 15 is 0 Å². The van der Waals surface area contributed by atoms with E-state index in [1.807, 2.05) is 0 Å². The fourth-order valence-corrected chi connectivity index (χ4v) is 2.86. The van der Waals surface area contributed by atoms with Crippen molar-refractivity contribution in [3.8, 4) is 0 Å². The van der Waals surface area contributed by atoms with E-state index in [1.54, 1.807) is 0 Å². The summed E-state index contributed by atoms with van der Waals surface area (Å²) in [5, 5.41) is 0. The molecule has 0 saturated carbocycles. The van der Waals surface area contributed by atoms with Crippen LogP contribution in [0.25, 0.3) is 0 Å². The van der Waals surface area contributed by atoms with Gasteiger partial charge in [-0.15, -0.1) is 0 Å². The number of hydrogen-bond donors (Lipinski definition) is 1. The predicted molar refractivity (Wildman–Crippen MR) is 76.4 cm³/mol. The van der Waals surface area contributed by atoms with Gasteiger partial charge in [-0.1, -0.05) is 37.3 Å². The standard InChI is InChI=1S/C15H25N3/c1-2-18(11-9-16)15-8-10-17(13-15)12-14-6-4-3-5-7-14/h3-7,15H,2,8-13,16H2,1H3/t15-/m0/s1. The molecule has 0 aromatic heterocycles. The molecule has 0 radical (unpaired) electrons. The molecule has 1 aliphatic heterocycles. The number of benzene rings is 1. The van der Waals surface area contributed by atoms with E-state index in [0.29, 0.717) is 6.04 Å². The average Bonchev–Trinajstić information content (AvgIpc) is 2.85. The Hall–Kier alpha value is -0.900. The summed E-state index contributed by atoms with van der Waals surface area (Å²) < 4.78 is 0. The highest BCUT2D eigenvalue weighted by Crippen LogP contribution is 2.17. The second-order valence-electron chi connectivity index (χ2n) is 5.08. The zero-order chi connectivity index (χ0) is 12.8. The van der Waals surface area contributed by atoms with Crippen LogP contribution in [-0.2, 0) is 6.54 Å². The summed E-state index contributed by atoms with van der Waals surface area (Å²) in [5.41, 5.74) is 7.09. The molecule has 0 spiro atoms. The molecule has 1 aromatic rings. The van der Waals surface area contributed by atoms with Crippen molar-refractivity contribution in [3.63, 3.8) is 0 Å². The molecule has 1 heterocycles. The van der Waals surface area contributed by atoms with E-state index in [0.717, 1.165) is 26.2 Å². The van der Waals surface area contributed by atoms with Gasteiger partial charge < -0.3 is 5.73 Å². The van der Waals surface area contributed by atoms with Crippen molar-refractivity contribution in [1.29, 1.82) is 0 Å². The lowest BCUT2D eigenvalue weighted by atomic mass is 10.2. The molecular formula is C15H25N3. The van der Waals surface area contributed by atoms with Gasteiger partial charge >= 0.3 is 0 Å². The van der Waals surface area contributed by atoms with Gasteiger partial charge in [-0.2, -0.15) is 0 Å². The smallest absolute Gasteiger partial charge is 0.0235 e. The van der Waals surface area contributed by atoms with E-state index in [9.17, 15) is 0 Å². The first-order valence-electron chi connectivity index (χ1n) is 7.04. The molecular weight excluding hydrogens is 222 g/mol. The lowest BCUT2D eigenvalue weighted by Gasteiger charge is -2.27. The van der Waals surface area contributed by atoms with Gasteiger partial charge in [0, 0.05) is 38.8 Å². The van der Waals surface area contributed by atoms with Gasteiger partial charge in [-0.3, -0.25) is 9.80 Å². The van der Waals surface area contributed by atoms with Gasteiger partial charge in [0.25, 0.3) is 0 Å². The van der Waals surface area contributed by atoms with Crippen LogP contribution in [0.5, 0.6) is 0 Å². The summed E-state index contributed by atoms with van der Waals surface area (Å²) in [6.07, 6.45) is 1.28. The maximum Gasteiger partial charge on any atom is 0.0235 e. The molecule has 100 valence electrons. The predicted octanol–water partition coefficient (Wildman–Crippen LogP) is 1.54. The quantitative estimate of drug-likeness (QED) is 0.827. The molecule has 1 atom stereocenters. The van der Waals surface area contributed by atoms with Crippen molar-refractivity contribution in [2.24, 2.45) is 5.73 Å². The normalized spacial score (nSPS) is 20.7. The Morgan fingerprint density at radius 1 is 1.33 bits per heavy atom. The number of likely N-dealkylation sites (tertiary alicyclic amines) is 1. The first-order chi connectivity index (χ1) is 8.83. The summed E-state index contributed by atoms with van der Waals surface area (Å²) in [6, 6.07) is 11.4. The monoisotopic (exact) mass is 247 g/mol. The number of likely N-dealkylation sites (N-methyl/N-ethyl adjacent to an activating group) is 1. The molecule has 1 aromatic carbocycles. The lowest BCUT2D eigenvalue weighted by Crippen LogP contribution is -2.40. The molecule has 0 bridgehead atoms. The third-order valence-corrected chi connectivity index (χ3v) is 3.84. The third kappa shape index (κ3) is 3.55. The van der Waals surface area contributed by atoms with Crippen LogP contribution >= 0.6 is 0 Å². The molecule has 1 fully saturated rings. The van der Waals surface area contributed by atoms with Crippen molar-refractivity contribution in [2.45, 2.75) is 25.9 Å². The average molecular weight is 247 g/mol. The maximum absolute atomic E-state index is 5.68. The van der Waals surface area contributed by atoms with E-state index in [-0.39, 0.29) is 0 Å². The summed E-state index contributed by atoms with van der Waals surface area (Å²) in [5.74, 6) is 0. The molecule has 1 saturated heterocycles. The lowest BCUT2D eigenvalue weighted by molar-refractivity contribution is 0.204. The van der Waals surface area contributed by atoms with Crippen molar-refractivity contribution < 1.29 is 0 Å². The maximum atomic E-state index is 5.68. The van der Waals surface area contributed by atoms with Gasteiger partial charge in [0.05, 0.1) is 0 Å². The van der Waals surface area contributed by atoms with E-state index in [1.165, 1.54) is 25.1 Å². The molecule has 0 aliphatic carbocycles. The highest BCUT2D eigenvalue weighted by atomic mass is 15.2. The highest BCUT2D eigenvalue weighted by molar-refractivity contribution is 5.14. The molecule has 18 heavy (non-hydrogen) atoms. The first kappa shape index (κ1) is 13.5. The Bertz CT molecular complexity index is 339. The van der Waals surface area contributed by atoms with Crippen molar-refractivity contribution in [3.05, 3.63) is 35.9 Å². The second-order valence-corrected chi connectivity index (χ2v) is 5.08. The molecule has 3 heteroatoms. The molecule has 2 N–H and O–H groups in total. The molecule has 0 amide bonds. The number of nitrogens with two attached hydrogens (primary N) is 1. The number of rotatable bonds is 6. The van der Waals surface area contributed by atoms with Gasteiger partial charge in [-0.25, -0.2) is 0 Å². The largest absolute Gasteiger partial charge is 0.329 e. The van der Waals surface area contributed by atoms with Crippen molar-refractivity contribution in [2.75, 3.05) is 32.7 Å². The van der Waals surface area contributed by atoms with Gasteiger partial charge in [-0.05, 0) is 18.5 Å². The van der Waals surface area contributed by atoms with Crippen LogP contribution in [-0.4, -0.2) is 48.6 Å². The molecule has 1 aliphatic rings. The molecule has 3 nitrogen and oxygen atoms in total. The number of hydrogen-bond acceptors (Lipinski definition) is 3. The molecule has 0 unspecified atom stereocenters. The molecule has 2 rings (SSSR count). The second kappa shape index (κ2) is 6.88.